The Bertz CT molecular complexity index is 638. The molecule has 5 heteroatoms. The van der Waals surface area contributed by atoms with Crippen LogP contribution >= 0.6 is 11.6 Å². The van der Waals surface area contributed by atoms with Gasteiger partial charge >= 0.3 is 0 Å². The number of halogens is 2. The van der Waals surface area contributed by atoms with Gasteiger partial charge in [0, 0.05) is 12.7 Å². The van der Waals surface area contributed by atoms with Gasteiger partial charge in [-0.2, -0.15) is 0 Å². The fourth-order valence-corrected chi connectivity index (χ4v) is 2.07. The lowest BCUT2D eigenvalue weighted by Crippen LogP contribution is -2.15. The van der Waals surface area contributed by atoms with Crippen LogP contribution in [0.1, 0.15) is 15.9 Å². The molecule has 0 fully saturated rings. The van der Waals surface area contributed by atoms with Gasteiger partial charge in [-0.25, -0.2) is 4.39 Å². The second kappa shape index (κ2) is 5.92. The van der Waals surface area contributed by atoms with Gasteiger partial charge in [0.05, 0.1) is 16.3 Å². The molecule has 0 saturated heterocycles. The van der Waals surface area contributed by atoms with Crippen LogP contribution in [0, 0.1) is 12.7 Å². The first-order valence-corrected chi connectivity index (χ1v) is 6.44. The molecule has 0 spiro atoms. The summed E-state index contributed by atoms with van der Waals surface area (Å²) in [6, 6.07) is 9.60. The predicted octanol–water partition coefficient (Wildman–Crippen LogP) is 4.08. The quantitative estimate of drug-likeness (QED) is 0.895. The summed E-state index contributed by atoms with van der Waals surface area (Å²) in [5.74, 6) is -0.981. The van der Waals surface area contributed by atoms with Crippen LogP contribution in [0.4, 0.5) is 15.8 Å². The highest BCUT2D eigenvalue weighted by Crippen LogP contribution is 2.26. The maximum Gasteiger partial charge on any atom is 0.257 e. The lowest BCUT2D eigenvalue weighted by molar-refractivity contribution is 0.102. The van der Waals surface area contributed by atoms with Gasteiger partial charge in [-0.15, -0.1) is 0 Å². The minimum absolute atomic E-state index is 0.0122. The van der Waals surface area contributed by atoms with E-state index >= 15 is 0 Å². The number of carbonyl (C=O) groups excluding carboxylic acids is 1. The fraction of sp³-hybridized carbons (Fsp3) is 0.133. The molecule has 2 aromatic carbocycles. The van der Waals surface area contributed by atoms with Gasteiger partial charge in [-0.1, -0.05) is 23.7 Å². The molecular formula is C15H14ClFN2O. The van der Waals surface area contributed by atoms with E-state index in [1.54, 1.807) is 13.1 Å². The van der Waals surface area contributed by atoms with Crippen LogP contribution in [-0.2, 0) is 0 Å². The van der Waals surface area contributed by atoms with E-state index in [1.165, 1.54) is 18.2 Å². The molecule has 0 heterocycles. The van der Waals surface area contributed by atoms with Crippen LogP contribution in [0.2, 0.25) is 5.02 Å². The second-order valence-corrected chi connectivity index (χ2v) is 4.76. The van der Waals surface area contributed by atoms with Crippen molar-refractivity contribution in [3.8, 4) is 0 Å². The van der Waals surface area contributed by atoms with Gasteiger partial charge < -0.3 is 10.6 Å². The number of carbonyl (C=O) groups is 1. The van der Waals surface area contributed by atoms with Crippen molar-refractivity contribution in [1.82, 2.24) is 0 Å². The molecule has 0 saturated carbocycles. The molecule has 0 atom stereocenters. The van der Waals surface area contributed by atoms with Crippen LogP contribution in [0.5, 0.6) is 0 Å². The van der Waals surface area contributed by atoms with Gasteiger partial charge in [-0.3, -0.25) is 4.79 Å². The molecule has 0 aromatic heterocycles. The van der Waals surface area contributed by atoms with Crippen molar-refractivity contribution in [3.05, 3.63) is 58.4 Å². The maximum atomic E-state index is 13.7. The summed E-state index contributed by atoms with van der Waals surface area (Å²) < 4.78 is 13.7. The zero-order chi connectivity index (χ0) is 14.7. The monoisotopic (exact) mass is 292 g/mol. The molecule has 20 heavy (non-hydrogen) atoms. The number of rotatable bonds is 3. The molecule has 104 valence electrons. The summed E-state index contributed by atoms with van der Waals surface area (Å²) in [6.45, 7) is 1.93. The van der Waals surface area contributed by atoms with Crippen LogP contribution < -0.4 is 10.6 Å². The van der Waals surface area contributed by atoms with Crippen LogP contribution in [-0.4, -0.2) is 13.0 Å². The van der Waals surface area contributed by atoms with Gasteiger partial charge in [0.1, 0.15) is 5.82 Å². The van der Waals surface area contributed by atoms with Crippen molar-refractivity contribution in [3.63, 3.8) is 0 Å². The molecular weight excluding hydrogens is 279 g/mol. The van der Waals surface area contributed by atoms with E-state index in [9.17, 15) is 9.18 Å². The third-order valence-corrected chi connectivity index (χ3v) is 3.21. The van der Waals surface area contributed by atoms with Crippen molar-refractivity contribution in [2.45, 2.75) is 6.92 Å². The first-order chi connectivity index (χ1) is 9.52. The van der Waals surface area contributed by atoms with Crippen molar-refractivity contribution in [2.75, 3.05) is 17.7 Å². The number of hydrogen-bond donors (Lipinski definition) is 2. The average Bonchev–Trinajstić information content (AvgIpc) is 2.42. The number of benzene rings is 2. The zero-order valence-corrected chi connectivity index (χ0v) is 11.9. The van der Waals surface area contributed by atoms with Crippen LogP contribution in [0.15, 0.2) is 36.4 Å². The van der Waals surface area contributed by atoms with Crippen molar-refractivity contribution in [2.24, 2.45) is 0 Å². The van der Waals surface area contributed by atoms with E-state index in [1.807, 2.05) is 19.1 Å². The molecule has 0 aliphatic rings. The third kappa shape index (κ3) is 2.91. The highest BCUT2D eigenvalue weighted by Gasteiger charge is 2.15. The summed E-state index contributed by atoms with van der Waals surface area (Å²) in [7, 11) is 1.72. The molecule has 1 amide bonds. The SMILES string of the molecule is CNc1cc(C)ccc1C(=O)Nc1c(F)cccc1Cl. The Kier molecular flexibility index (Phi) is 4.25. The Morgan fingerprint density at radius 2 is 2.00 bits per heavy atom. The minimum atomic E-state index is -0.566. The smallest absolute Gasteiger partial charge is 0.257 e. The fourth-order valence-electron chi connectivity index (χ4n) is 1.86. The number of hydrogen-bond acceptors (Lipinski definition) is 2. The topological polar surface area (TPSA) is 41.1 Å². The summed E-state index contributed by atoms with van der Waals surface area (Å²) in [4.78, 5) is 12.2. The summed E-state index contributed by atoms with van der Waals surface area (Å²) in [5.41, 5.74) is 2.11. The first kappa shape index (κ1) is 14.3. The number of anilines is 2. The van der Waals surface area contributed by atoms with E-state index < -0.39 is 11.7 Å². The first-order valence-electron chi connectivity index (χ1n) is 6.06. The molecule has 3 nitrogen and oxygen atoms in total. The zero-order valence-electron chi connectivity index (χ0n) is 11.1. The molecule has 0 radical (unpaired) electrons. The average molecular weight is 293 g/mol. The summed E-state index contributed by atoms with van der Waals surface area (Å²) >= 11 is 5.89. The Morgan fingerprint density at radius 3 is 2.65 bits per heavy atom. The Hall–Kier alpha value is -2.07. The van der Waals surface area contributed by atoms with Crippen molar-refractivity contribution in [1.29, 1.82) is 0 Å². The van der Waals surface area contributed by atoms with Crippen LogP contribution in [0.25, 0.3) is 0 Å². The number of nitrogens with one attached hydrogen (secondary N) is 2. The summed E-state index contributed by atoms with van der Waals surface area (Å²) in [5, 5.41) is 5.61. The Labute approximate surface area is 121 Å². The van der Waals surface area contributed by atoms with Gasteiger partial charge in [0.25, 0.3) is 5.91 Å². The van der Waals surface area contributed by atoms with Crippen LogP contribution in [0.3, 0.4) is 0 Å². The second-order valence-electron chi connectivity index (χ2n) is 4.35. The van der Waals surface area contributed by atoms with E-state index in [4.69, 9.17) is 11.6 Å². The number of para-hydroxylation sites is 1. The normalized spacial score (nSPS) is 10.2. The predicted molar refractivity (Wildman–Crippen MR) is 80.1 cm³/mol. The van der Waals surface area contributed by atoms with Gasteiger partial charge in [0.2, 0.25) is 0 Å². The van der Waals surface area contributed by atoms with E-state index in [0.717, 1.165) is 5.56 Å². The van der Waals surface area contributed by atoms with E-state index in [-0.39, 0.29) is 10.7 Å². The molecule has 2 aromatic rings. The molecule has 2 rings (SSSR count). The Morgan fingerprint density at radius 1 is 1.25 bits per heavy atom. The highest BCUT2D eigenvalue weighted by atomic mass is 35.5. The third-order valence-electron chi connectivity index (χ3n) is 2.89. The minimum Gasteiger partial charge on any atom is -0.387 e. The maximum absolute atomic E-state index is 13.7. The van der Waals surface area contributed by atoms with Gasteiger partial charge in [0.15, 0.2) is 0 Å². The Balaban J connectivity index is 2.33. The lowest BCUT2D eigenvalue weighted by atomic mass is 10.1. The lowest BCUT2D eigenvalue weighted by Gasteiger charge is -2.12. The van der Waals surface area contributed by atoms with E-state index in [0.29, 0.717) is 11.3 Å². The molecule has 0 aliphatic carbocycles. The molecule has 2 N–H and O–H groups in total. The summed E-state index contributed by atoms with van der Waals surface area (Å²) in [6.07, 6.45) is 0. The van der Waals surface area contributed by atoms with Crippen molar-refractivity contribution >= 4 is 28.9 Å². The largest absolute Gasteiger partial charge is 0.387 e. The standard InChI is InChI=1S/C15H14ClFN2O/c1-9-6-7-10(13(8-9)18-2)15(20)19-14-11(16)4-3-5-12(14)17/h3-8,18H,1-2H3,(H,19,20). The van der Waals surface area contributed by atoms with E-state index in [2.05, 4.69) is 10.6 Å². The highest BCUT2D eigenvalue weighted by molar-refractivity contribution is 6.34. The molecule has 0 bridgehead atoms. The van der Waals surface area contributed by atoms with Crippen molar-refractivity contribution < 1.29 is 9.18 Å². The van der Waals surface area contributed by atoms with Gasteiger partial charge in [-0.05, 0) is 36.8 Å². The molecule has 0 aliphatic heterocycles. The molecule has 0 unspecified atom stereocenters. The number of aryl methyl sites for hydroxylation is 1. The number of amides is 1.